The summed E-state index contributed by atoms with van der Waals surface area (Å²) in [6.07, 6.45) is 3.55. The zero-order chi connectivity index (χ0) is 12.9. The van der Waals surface area contributed by atoms with E-state index in [1.807, 2.05) is 20.8 Å². The summed E-state index contributed by atoms with van der Waals surface area (Å²) in [6, 6.07) is 1.68. The van der Waals surface area contributed by atoms with E-state index in [1.54, 1.807) is 6.07 Å². The maximum absolute atomic E-state index is 12.1. The van der Waals surface area contributed by atoms with Gasteiger partial charge in [-0.05, 0) is 25.8 Å². The molecule has 17 heavy (non-hydrogen) atoms. The quantitative estimate of drug-likeness (QED) is 0.799. The predicted molar refractivity (Wildman–Crippen MR) is 66.0 cm³/mol. The van der Waals surface area contributed by atoms with Gasteiger partial charge in [-0.15, -0.1) is 0 Å². The molecule has 0 fully saturated rings. The van der Waals surface area contributed by atoms with E-state index in [1.165, 1.54) is 6.26 Å². The van der Waals surface area contributed by atoms with Crippen LogP contribution >= 0.6 is 0 Å². The van der Waals surface area contributed by atoms with E-state index >= 15 is 0 Å². The lowest BCUT2D eigenvalue weighted by Crippen LogP contribution is -2.46. The van der Waals surface area contributed by atoms with Gasteiger partial charge in [-0.2, -0.15) is 0 Å². The third kappa shape index (κ3) is 3.33. The first-order valence-electron chi connectivity index (χ1n) is 6.06. The van der Waals surface area contributed by atoms with E-state index in [0.29, 0.717) is 24.2 Å². The maximum atomic E-state index is 12.1. The monoisotopic (exact) mass is 239 g/mol. The third-order valence-corrected chi connectivity index (χ3v) is 3.17. The Balaban J connectivity index is 2.77. The summed E-state index contributed by atoms with van der Waals surface area (Å²) in [5.41, 5.74) is 0.221. The second-order valence-electron chi connectivity index (χ2n) is 4.45. The smallest absolute Gasteiger partial charge is 0.255 e. The number of carbonyl (C=O) groups is 1. The van der Waals surface area contributed by atoms with Gasteiger partial charge >= 0.3 is 0 Å². The predicted octanol–water partition coefficient (Wildman–Crippen LogP) is 2.12. The lowest BCUT2D eigenvalue weighted by Gasteiger charge is -2.28. The van der Waals surface area contributed by atoms with Crippen molar-refractivity contribution in [3.63, 3.8) is 0 Å². The number of rotatable bonds is 6. The SMILES string of the molecule is CCc1occc1C(=O)NC(C)(CC)CCO. The van der Waals surface area contributed by atoms with Crippen LogP contribution in [0.3, 0.4) is 0 Å². The summed E-state index contributed by atoms with van der Waals surface area (Å²) in [7, 11) is 0. The van der Waals surface area contributed by atoms with E-state index in [2.05, 4.69) is 5.32 Å². The van der Waals surface area contributed by atoms with Crippen molar-refractivity contribution >= 4 is 5.91 Å². The van der Waals surface area contributed by atoms with Gasteiger partial charge in [0.05, 0.1) is 11.8 Å². The molecular formula is C13H21NO3. The highest BCUT2D eigenvalue weighted by molar-refractivity contribution is 5.95. The number of aliphatic hydroxyl groups is 1. The van der Waals surface area contributed by atoms with Crippen LogP contribution in [0.15, 0.2) is 16.7 Å². The summed E-state index contributed by atoms with van der Waals surface area (Å²) in [6.45, 7) is 5.94. The van der Waals surface area contributed by atoms with Gasteiger partial charge in [0, 0.05) is 18.6 Å². The molecule has 1 aromatic rings. The zero-order valence-electron chi connectivity index (χ0n) is 10.7. The van der Waals surface area contributed by atoms with Crippen LogP contribution in [0.2, 0.25) is 0 Å². The lowest BCUT2D eigenvalue weighted by molar-refractivity contribution is 0.0884. The summed E-state index contributed by atoms with van der Waals surface area (Å²) in [5.74, 6) is 0.568. The van der Waals surface area contributed by atoms with Gasteiger partial charge in [-0.25, -0.2) is 0 Å². The van der Waals surface area contributed by atoms with Gasteiger partial charge < -0.3 is 14.8 Å². The van der Waals surface area contributed by atoms with Gasteiger partial charge in [0.2, 0.25) is 0 Å². The minimum Gasteiger partial charge on any atom is -0.469 e. The second-order valence-corrected chi connectivity index (χ2v) is 4.45. The van der Waals surface area contributed by atoms with Crippen LogP contribution < -0.4 is 5.32 Å². The van der Waals surface area contributed by atoms with Crippen LogP contribution in [0.1, 0.15) is 49.7 Å². The van der Waals surface area contributed by atoms with Gasteiger partial charge in [0.15, 0.2) is 0 Å². The second kappa shape index (κ2) is 5.87. The first-order valence-corrected chi connectivity index (χ1v) is 6.06. The van der Waals surface area contributed by atoms with Gasteiger partial charge in [-0.1, -0.05) is 13.8 Å². The molecule has 4 heteroatoms. The number of carbonyl (C=O) groups excluding carboxylic acids is 1. The van der Waals surface area contributed by atoms with Crippen molar-refractivity contribution in [2.75, 3.05) is 6.61 Å². The summed E-state index contributed by atoms with van der Waals surface area (Å²) >= 11 is 0. The van der Waals surface area contributed by atoms with Crippen LogP contribution in [0, 0.1) is 0 Å². The molecule has 0 spiro atoms. The lowest BCUT2D eigenvalue weighted by atomic mass is 9.94. The Morgan fingerprint density at radius 3 is 2.76 bits per heavy atom. The Labute approximate surface area is 102 Å². The fourth-order valence-electron chi connectivity index (χ4n) is 1.73. The molecule has 0 aliphatic rings. The van der Waals surface area contributed by atoms with Crippen LogP contribution in [0.25, 0.3) is 0 Å². The van der Waals surface area contributed by atoms with E-state index in [9.17, 15) is 4.79 Å². The molecule has 4 nitrogen and oxygen atoms in total. The molecule has 1 rings (SSSR count). The van der Waals surface area contributed by atoms with Crippen LogP contribution in [0.5, 0.6) is 0 Å². The van der Waals surface area contributed by atoms with Crippen LogP contribution in [0.4, 0.5) is 0 Å². The Hall–Kier alpha value is -1.29. The minimum absolute atomic E-state index is 0.0661. The number of aliphatic hydroxyl groups excluding tert-OH is 1. The molecule has 0 radical (unpaired) electrons. The Morgan fingerprint density at radius 2 is 2.24 bits per heavy atom. The van der Waals surface area contributed by atoms with Gasteiger partial charge in [0.25, 0.3) is 5.91 Å². The van der Waals surface area contributed by atoms with Crippen molar-refractivity contribution in [2.45, 2.75) is 45.6 Å². The average Bonchev–Trinajstić information content (AvgIpc) is 2.77. The number of hydrogen-bond acceptors (Lipinski definition) is 3. The Kier molecular flexibility index (Phi) is 4.75. The summed E-state index contributed by atoms with van der Waals surface area (Å²) in [4.78, 5) is 12.1. The molecule has 0 saturated heterocycles. The average molecular weight is 239 g/mol. The maximum Gasteiger partial charge on any atom is 0.255 e. The van der Waals surface area contributed by atoms with E-state index in [-0.39, 0.29) is 18.1 Å². The molecule has 1 aromatic heterocycles. The van der Waals surface area contributed by atoms with Gasteiger partial charge in [-0.3, -0.25) is 4.79 Å². The first-order chi connectivity index (χ1) is 8.06. The zero-order valence-corrected chi connectivity index (χ0v) is 10.7. The summed E-state index contributed by atoms with van der Waals surface area (Å²) < 4.78 is 5.23. The molecule has 1 amide bonds. The number of hydrogen-bond donors (Lipinski definition) is 2. The molecule has 0 saturated carbocycles. The molecule has 0 aliphatic heterocycles. The van der Waals surface area contributed by atoms with Crippen molar-refractivity contribution in [3.8, 4) is 0 Å². The molecule has 0 aliphatic carbocycles. The van der Waals surface area contributed by atoms with E-state index in [0.717, 1.165) is 6.42 Å². The molecule has 2 N–H and O–H groups in total. The van der Waals surface area contributed by atoms with Crippen molar-refractivity contribution in [1.82, 2.24) is 5.32 Å². The molecule has 1 atom stereocenters. The summed E-state index contributed by atoms with van der Waals surface area (Å²) in [5, 5.41) is 12.0. The largest absolute Gasteiger partial charge is 0.469 e. The molecule has 1 heterocycles. The normalized spacial score (nSPS) is 14.4. The third-order valence-electron chi connectivity index (χ3n) is 3.17. The molecule has 0 bridgehead atoms. The number of nitrogens with one attached hydrogen (secondary N) is 1. The highest BCUT2D eigenvalue weighted by Crippen LogP contribution is 2.17. The van der Waals surface area contributed by atoms with E-state index in [4.69, 9.17) is 9.52 Å². The van der Waals surface area contributed by atoms with Crippen molar-refractivity contribution in [2.24, 2.45) is 0 Å². The minimum atomic E-state index is -0.367. The number of amides is 1. The highest BCUT2D eigenvalue weighted by atomic mass is 16.3. The Bertz CT molecular complexity index is 372. The van der Waals surface area contributed by atoms with Crippen molar-refractivity contribution in [1.29, 1.82) is 0 Å². The van der Waals surface area contributed by atoms with Crippen LogP contribution in [-0.4, -0.2) is 23.2 Å². The van der Waals surface area contributed by atoms with Gasteiger partial charge in [0.1, 0.15) is 5.76 Å². The first kappa shape index (κ1) is 13.8. The molecule has 0 aromatic carbocycles. The molecular weight excluding hydrogens is 218 g/mol. The Morgan fingerprint density at radius 1 is 1.53 bits per heavy atom. The fraction of sp³-hybridized carbons (Fsp3) is 0.615. The standard InChI is InChI=1S/C13H21NO3/c1-4-11-10(6-9-17-11)12(16)14-13(3,5-2)7-8-15/h6,9,15H,4-5,7-8H2,1-3H3,(H,14,16). The van der Waals surface area contributed by atoms with Crippen LogP contribution in [-0.2, 0) is 6.42 Å². The number of furan rings is 1. The van der Waals surface area contributed by atoms with E-state index < -0.39 is 0 Å². The molecule has 96 valence electrons. The van der Waals surface area contributed by atoms with Crippen molar-refractivity contribution < 1.29 is 14.3 Å². The number of aryl methyl sites for hydroxylation is 1. The highest BCUT2D eigenvalue weighted by Gasteiger charge is 2.25. The fourth-order valence-corrected chi connectivity index (χ4v) is 1.73. The van der Waals surface area contributed by atoms with Crippen molar-refractivity contribution in [3.05, 3.63) is 23.7 Å². The molecule has 1 unspecified atom stereocenters. The topological polar surface area (TPSA) is 62.5 Å².